The molecule has 4 aromatic rings. The van der Waals surface area contributed by atoms with Gasteiger partial charge in [-0.2, -0.15) is 4.31 Å². The number of aromatic nitrogens is 2. The SMILES string of the molecule is CCCCOc1ccc2nc(C(C)N(C)S(=O)(=O)c3ccc(C(C)(C)C)cc3)n(-c3ccc(C)cc3)c(=O)c2c1. The largest absolute Gasteiger partial charge is 0.494 e. The van der Waals surface area contributed by atoms with E-state index >= 15 is 0 Å². The van der Waals surface area contributed by atoms with Crippen molar-refractivity contribution in [2.24, 2.45) is 0 Å². The molecule has 0 aliphatic heterocycles. The summed E-state index contributed by atoms with van der Waals surface area (Å²) in [6, 6.07) is 19.0. The molecule has 0 aliphatic carbocycles. The molecule has 0 fully saturated rings. The molecule has 0 saturated carbocycles. The number of benzene rings is 3. The quantitative estimate of drug-likeness (QED) is 0.216. The highest BCUT2D eigenvalue weighted by molar-refractivity contribution is 7.89. The summed E-state index contributed by atoms with van der Waals surface area (Å²) in [6.07, 6.45) is 1.92. The molecule has 1 unspecified atom stereocenters. The van der Waals surface area contributed by atoms with E-state index in [1.54, 1.807) is 37.3 Å². The zero-order chi connectivity index (χ0) is 29.2. The van der Waals surface area contributed by atoms with Crippen LogP contribution in [0.2, 0.25) is 0 Å². The highest BCUT2D eigenvalue weighted by atomic mass is 32.2. The molecule has 212 valence electrons. The minimum absolute atomic E-state index is 0.0957. The number of ether oxygens (including phenoxy) is 1. The molecule has 3 aromatic carbocycles. The van der Waals surface area contributed by atoms with Crippen molar-refractivity contribution in [1.82, 2.24) is 13.9 Å². The number of nitrogens with zero attached hydrogens (tertiary/aromatic N) is 3. The molecule has 40 heavy (non-hydrogen) atoms. The molecule has 1 atom stereocenters. The van der Waals surface area contributed by atoms with Crippen LogP contribution >= 0.6 is 0 Å². The van der Waals surface area contributed by atoms with Gasteiger partial charge in [-0.05, 0) is 73.7 Å². The average Bonchev–Trinajstić information content (AvgIpc) is 2.92. The van der Waals surface area contributed by atoms with Gasteiger partial charge in [0.1, 0.15) is 11.6 Å². The minimum atomic E-state index is -3.88. The van der Waals surface area contributed by atoms with Crippen LogP contribution in [0.4, 0.5) is 0 Å². The van der Waals surface area contributed by atoms with Gasteiger partial charge in [0.15, 0.2) is 0 Å². The average molecular weight is 562 g/mol. The second-order valence-electron chi connectivity index (χ2n) is 11.3. The Balaban J connectivity index is 1.82. The maximum absolute atomic E-state index is 14.0. The first-order valence-electron chi connectivity index (χ1n) is 13.7. The summed E-state index contributed by atoms with van der Waals surface area (Å²) in [4.78, 5) is 19.0. The van der Waals surface area contributed by atoms with Crippen LogP contribution in [0, 0.1) is 6.92 Å². The van der Waals surface area contributed by atoms with Gasteiger partial charge in [0.25, 0.3) is 5.56 Å². The summed E-state index contributed by atoms with van der Waals surface area (Å²) in [5, 5.41) is 0.411. The number of fused-ring (bicyclic) bond motifs is 1. The van der Waals surface area contributed by atoms with E-state index in [1.165, 1.54) is 15.9 Å². The summed E-state index contributed by atoms with van der Waals surface area (Å²) in [5.41, 5.74) is 2.82. The highest BCUT2D eigenvalue weighted by Gasteiger charge is 2.30. The number of unbranched alkanes of at least 4 members (excludes halogenated alkanes) is 1. The molecule has 8 heteroatoms. The lowest BCUT2D eigenvalue weighted by molar-refractivity contribution is 0.310. The van der Waals surface area contributed by atoms with Crippen molar-refractivity contribution >= 4 is 20.9 Å². The van der Waals surface area contributed by atoms with Crippen LogP contribution in [-0.4, -0.2) is 35.9 Å². The molecule has 1 aromatic heterocycles. The Bertz CT molecular complexity index is 1650. The molecule has 4 rings (SSSR count). The van der Waals surface area contributed by atoms with Gasteiger partial charge >= 0.3 is 0 Å². The van der Waals surface area contributed by atoms with Gasteiger partial charge in [-0.25, -0.2) is 13.4 Å². The third kappa shape index (κ3) is 5.98. The summed E-state index contributed by atoms with van der Waals surface area (Å²) in [7, 11) is -2.36. The first-order chi connectivity index (χ1) is 18.8. The normalized spacial score (nSPS) is 13.1. The van der Waals surface area contributed by atoms with E-state index in [0.717, 1.165) is 24.0 Å². The molecule has 0 saturated heterocycles. The number of rotatable bonds is 9. The molecular weight excluding hydrogens is 522 g/mol. The zero-order valence-electron chi connectivity index (χ0n) is 24.4. The number of aryl methyl sites for hydroxylation is 1. The molecule has 0 radical (unpaired) electrons. The van der Waals surface area contributed by atoms with Gasteiger partial charge in [-0.3, -0.25) is 9.36 Å². The van der Waals surface area contributed by atoms with Crippen LogP contribution < -0.4 is 10.3 Å². The maximum Gasteiger partial charge on any atom is 0.266 e. The van der Waals surface area contributed by atoms with E-state index in [9.17, 15) is 13.2 Å². The van der Waals surface area contributed by atoms with Crippen molar-refractivity contribution in [2.45, 2.75) is 70.7 Å². The number of hydrogen-bond donors (Lipinski definition) is 0. The third-order valence-corrected chi connectivity index (χ3v) is 9.18. The summed E-state index contributed by atoms with van der Waals surface area (Å²) < 4.78 is 36.1. The highest BCUT2D eigenvalue weighted by Crippen LogP contribution is 2.29. The Labute approximate surface area is 237 Å². The van der Waals surface area contributed by atoms with Gasteiger partial charge in [-0.1, -0.05) is 63.9 Å². The van der Waals surface area contributed by atoms with E-state index in [-0.39, 0.29) is 15.9 Å². The van der Waals surface area contributed by atoms with E-state index in [2.05, 4.69) is 27.7 Å². The van der Waals surface area contributed by atoms with Gasteiger partial charge in [0, 0.05) is 7.05 Å². The molecule has 0 N–H and O–H groups in total. The zero-order valence-corrected chi connectivity index (χ0v) is 25.2. The van der Waals surface area contributed by atoms with Crippen molar-refractivity contribution in [3.05, 3.63) is 94.0 Å². The smallest absolute Gasteiger partial charge is 0.266 e. The van der Waals surface area contributed by atoms with Gasteiger partial charge < -0.3 is 4.74 Å². The van der Waals surface area contributed by atoms with Crippen molar-refractivity contribution < 1.29 is 13.2 Å². The van der Waals surface area contributed by atoms with E-state index < -0.39 is 16.1 Å². The molecule has 1 heterocycles. The summed E-state index contributed by atoms with van der Waals surface area (Å²) in [6.45, 7) is 12.6. The van der Waals surface area contributed by atoms with E-state index in [1.807, 2.05) is 43.3 Å². The Morgan fingerprint density at radius 1 is 1.00 bits per heavy atom. The molecular formula is C32H39N3O4S. The first kappa shape index (κ1) is 29.5. The van der Waals surface area contributed by atoms with Crippen LogP contribution in [-0.2, 0) is 15.4 Å². The fourth-order valence-corrected chi connectivity index (χ4v) is 5.82. The Hall–Kier alpha value is -3.49. The Morgan fingerprint density at radius 3 is 2.25 bits per heavy atom. The number of sulfonamides is 1. The lowest BCUT2D eigenvalue weighted by Gasteiger charge is -2.27. The number of hydrogen-bond acceptors (Lipinski definition) is 5. The summed E-state index contributed by atoms with van der Waals surface area (Å²) in [5.74, 6) is 0.938. The lowest BCUT2D eigenvalue weighted by Crippen LogP contribution is -2.35. The molecule has 0 amide bonds. The summed E-state index contributed by atoms with van der Waals surface area (Å²) >= 11 is 0. The van der Waals surface area contributed by atoms with Crippen LogP contribution in [0.3, 0.4) is 0 Å². The topological polar surface area (TPSA) is 81.5 Å². The van der Waals surface area contributed by atoms with Gasteiger partial charge in [-0.15, -0.1) is 0 Å². The van der Waals surface area contributed by atoms with Gasteiger partial charge in [0.2, 0.25) is 10.0 Å². The monoisotopic (exact) mass is 561 g/mol. The fraction of sp³-hybridized carbons (Fsp3) is 0.375. The molecule has 0 bridgehead atoms. The predicted molar refractivity (Wildman–Crippen MR) is 161 cm³/mol. The Kier molecular flexibility index (Phi) is 8.52. The third-order valence-electron chi connectivity index (χ3n) is 7.24. The van der Waals surface area contributed by atoms with Crippen molar-refractivity contribution in [3.8, 4) is 11.4 Å². The van der Waals surface area contributed by atoms with Crippen LogP contribution in [0.1, 0.15) is 70.5 Å². The van der Waals surface area contributed by atoms with E-state index in [4.69, 9.17) is 9.72 Å². The second kappa shape index (κ2) is 11.6. The van der Waals surface area contributed by atoms with Crippen LogP contribution in [0.25, 0.3) is 16.6 Å². The molecule has 0 aliphatic rings. The van der Waals surface area contributed by atoms with Crippen LogP contribution in [0.5, 0.6) is 5.75 Å². The first-order valence-corrected chi connectivity index (χ1v) is 15.1. The standard InChI is InChI=1S/C32H39N3O4S/c1-8-9-20-39-26-16-19-29-28(21-26)31(36)35(25-14-10-22(2)11-15-25)30(33-29)23(3)34(7)40(37,38)27-17-12-24(13-18-27)32(4,5)6/h10-19,21,23H,8-9,20H2,1-7H3. The van der Waals surface area contributed by atoms with E-state index in [0.29, 0.717) is 34.8 Å². The van der Waals surface area contributed by atoms with Crippen molar-refractivity contribution in [3.63, 3.8) is 0 Å². The Morgan fingerprint density at radius 2 is 1.65 bits per heavy atom. The van der Waals surface area contributed by atoms with Gasteiger partial charge in [0.05, 0.1) is 34.1 Å². The van der Waals surface area contributed by atoms with Crippen molar-refractivity contribution in [1.29, 1.82) is 0 Å². The molecule has 0 spiro atoms. The van der Waals surface area contributed by atoms with Crippen LogP contribution in [0.15, 0.2) is 76.4 Å². The second-order valence-corrected chi connectivity index (χ2v) is 13.3. The van der Waals surface area contributed by atoms with Crippen molar-refractivity contribution in [2.75, 3.05) is 13.7 Å². The maximum atomic E-state index is 14.0. The lowest BCUT2D eigenvalue weighted by atomic mass is 9.87. The minimum Gasteiger partial charge on any atom is -0.494 e. The fourth-order valence-electron chi connectivity index (χ4n) is 4.49. The molecule has 7 nitrogen and oxygen atoms in total. The predicted octanol–water partition coefficient (Wildman–Crippen LogP) is 6.55.